The highest BCUT2D eigenvalue weighted by atomic mass is 35.5. The van der Waals surface area contributed by atoms with Gasteiger partial charge in [0.25, 0.3) is 5.91 Å². The Labute approximate surface area is 139 Å². The molecule has 1 fully saturated rings. The average Bonchev–Trinajstić information content (AvgIpc) is 2.97. The Bertz CT molecular complexity index is 693. The number of phenolic OH excluding ortho intramolecular Hbond substituents is 1. The summed E-state index contributed by atoms with van der Waals surface area (Å²) in [6, 6.07) is 8.23. The smallest absolute Gasteiger partial charge is 0.255 e. The number of pyridine rings is 1. The van der Waals surface area contributed by atoms with Crippen LogP contribution >= 0.6 is 11.6 Å². The number of ether oxygens (including phenoxy) is 1. The largest absolute Gasteiger partial charge is 0.507 e. The summed E-state index contributed by atoms with van der Waals surface area (Å²) in [7, 11) is 0. The van der Waals surface area contributed by atoms with Gasteiger partial charge in [-0.05, 0) is 42.3 Å². The standard InChI is InChI=1S/C17H17ClN2O3/c18-13-1-2-16(21)14(8-13)17(22)20-15-10-23-9-12(15)7-11-3-5-19-6-4-11/h1-6,8,12,15,21H,7,9-10H2,(H,20,22)/t12-,15+/m1/s1. The molecular formula is C17H17ClN2O3. The predicted molar refractivity (Wildman–Crippen MR) is 86.6 cm³/mol. The molecule has 5 nitrogen and oxygen atoms in total. The SMILES string of the molecule is O=C(N[C@H]1COC[C@H]1Cc1ccncc1)c1cc(Cl)ccc1O. The number of rotatable bonds is 4. The van der Waals surface area contributed by atoms with E-state index < -0.39 is 0 Å². The quantitative estimate of drug-likeness (QED) is 0.902. The first-order chi connectivity index (χ1) is 11.1. The second kappa shape index (κ2) is 6.98. The lowest BCUT2D eigenvalue weighted by Crippen LogP contribution is -2.40. The third kappa shape index (κ3) is 3.81. The molecule has 120 valence electrons. The van der Waals surface area contributed by atoms with E-state index >= 15 is 0 Å². The van der Waals surface area contributed by atoms with E-state index in [1.54, 1.807) is 18.5 Å². The molecule has 2 N–H and O–H groups in total. The summed E-state index contributed by atoms with van der Waals surface area (Å²) in [5.41, 5.74) is 1.33. The van der Waals surface area contributed by atoms with Crippen LogP contribution in [0.25, 0.3) is 0 Å². The van der Waals surface area contributed by atoms with Gasteiger partial charge in [-0.25, -0.2) is 0 Å². The van der Waals surface area contributed by atoms with E-state index in [0.717, 1.165) is 12.0 Å². The van der Waals surface area contributed by atoms with E-state index in [-0.39, 0.29) is 29.2 Å². The molecule has 1 aliphatic rings. The molecule has 2 aromatic rings. The van der Waals surface area contributed by atoms with Crippen LogP contribution in [0, 0.1) is 5.92 Å². The molecule has 0 aliphatic carbocycles. The minimum atomic E-state index is -0.347. The lowest BCUT2D eigenvalue weighted by Gasteiger charge is -2.19. The Balaban J connectivity index is 1.68. The van der Waals surface area contributed by atoms with Crippen LogP contribution in [-0.2, 0) is 11.2 Å². The van der Waals surface area contributed by atoms with Crippen molar-refractivity contribution in [1.29, 1.82) is 0 Å². The van der Waals surface area contributed by atoms with Gasteiger partial charge >= 0.3 is 0 Å². The number of phenols is 1. The maximum Gasteiger partial charge on any atom is 0.255 e. The number of aromatic nitrogens is 1. The number of halogens is 1. The molecule has 1 saturated heterocycles. The van der Waals surface area contributed by atoms with Gasteiger partial charge < -0.3 is 15.2 Å². The Morgan fingerprint density at radius 2 is 2.09 bits per heavy atom. The number of nitrogens with one attached hydrogen (secondary N) is 1. The van der Waals surface area contributed by atoms with Gasteiger partial charge in [0.15, 0.2) is 0 Å². The van der Waals surface area contributed by atoms with Crippen LogP contribution in [0.15, 0.2) is 42.7 Å². The molecule has 1 aromatic heterocycles. The molecular weight excluding hydrogens is 316 g/mol. The third-order valence-electron chi connectivity index (χ3n) is 3.97. The molecule has 23 heavy (non-hydrogen) atoms. The van der Waals surface area contributed by atoms with Gasteiger partial charge in [0.1, 0.15) is 5.75 Å². The monoisotopic (exact) mass is 332 g/mol. The summed E-state index contributed by atoms with van der Waals surface area (Å²) < 4.78 is 5.51. The molecule has 0 bridgehead atoms. The van der Waals surface area contributed by atoms with E-state index in [1.165, 1.54) is 12.1 Å². The molecule has 0 saturated carbocycles. The van der Waals surface area contributed by atoms with E-state index in [9.17, 15) is 9.90 Å². The normalized spacial score (nSPS) is 20.4. The number of carbonyl (C=O) groups excluding carboxylic acids is 1. The van der Waals surface area contributed by atoms with Gasteiger partial charge in [-0.15, -0.1) is 0 Å². The van der Waals surface area contributed by atoms with Crippen molar-refractivity contribution < 1.29 is 14.6 Å². The molecule has 0 radical (unpaired) electrons. The van der Waals surface area contributed by atoms with Crippen LogP contribution in [0.3, 0.4) is 0 Å². The number of aromatic hydroxyl groups is 1. The second-order valence-electron chi connectivity index (χ2n) is 5.60. The lowest BCUT2D eigenvalue weighted by molar-refractivity contribution is 0.0922. The first-order valence-corrected chi connectivity index (χ1v) is 7.77. The van der Waals surface area contributed by atoms with E-state index in [1.807, 2.05) is 12.1 Å². The number of amides is 1. The van der Waals surface area contributed by atoms with Crippen LogP contribution in [-0.4, -0.2) is 35.3 Å². The highest BCUT2D eigenvalue weighted by Gasteiger charge is 2.30. The summed E-state index contributed by atoms with van der Waals surface area (Å²) in [6.07, 6.45) is 4.31. The summed E-state index contributed by atoms with van der Waals surface area (Å²) in [4.78, 5) is 16.4. The maximum atomic E-state index is 12.4. The predicted octanol–water partition coefficient (Wildman–Crippen LogP) is 2.43. The fourth-order valence-corrected chi connectivity index (χ4v) is 2.89. The molecule has 1 amide bonds. The molecule has 0 unspecified atom stereocenters. The van der Waals surface area contributed by atoms with Crippen LogP contribution in [0.2, 0.25) is 5.02 Å². The number of carbonyl (C=O) groups is 1. The fourth-order valence-electron chi connectivity index (χ4n) is 2.72. The summed E-state index contributed by atoms with van der Waals surface area (Å²) in [5.74, 6) is -0.251. The zero-order valence-corrected chi connectivity index (χ0v) is 13.2. The first-order valence-electron chi connectivity index (χ1n) is 7.39. The maximum absolute atomic E-state index is 12.4. The second-order valence-corrected chi connectivity index (χ2v) is 6.03. The average molecular weight is 333 g/mol. The minimum Gasteiger partial charge on any atom is -0.507 e. The van der Waals surface area contributed by atoms with Gasteiger partial charge in [-0.2, -0.15) is 0 Å². The Morgan fingerprint density at radius 1 is 1.30 bits per heavy atom. The third-order valence-corrected chi connectivity index (χ3v) is 4.20. The number of benzene rings is 1. The van der Waals surface area contributed by atoms with Gasteiger partial charge in [0, 0.05) is 23.3 Å². The van der Waals surface area contributed by atoms with Crippen molar-refractivity contribution in [1.82, 2.24) is 10.3 Å². The van der Waals surface area contributed by atoms with Gasteiger partial charge in [0.2, 0.25) is 0 Å². The van der Waals surface area contributed by atoms with Gasteiger partial charge in [-0.1, -0.05) is 11.6 Å². The van der Waals surface area contributed by atoms with E-state index in [4.69, 9.17) is 16.3 Å². The molecule has 1 aliphatic heterocycles. The zero-order chi connectivity index (χ0) is 16.2. The number of hydrogen-bond acceptors (Lipinski definition) is 4. The topological polar surface area (TPSA) is 71.5 Å². The summed E-state index contributed by atoms with van der Waals surface area (Å²) in [5, 5.41) is 13.2. The Hall–Kier alpha value is -2.11. The van der Waals surface area contributed by atoms with Crippen LogP contribution in [0.1, 0.15) is 15.9 Å². The minimum absolute atomic E-state index is 0.0866. The molecule has 0 spiro atoms. The molecule has 1 aromatic carbocycles. The van der Waals surface area contributed by atoms with Crippen molar-refractivity contribution in [3.63, 3.8) is 0 Å². The van der Waals surface area contributed by atoms with Crippen LogP contribution in [0.5, 0.6) is 5.75 Å². The lowest BCUT2D eigenvalue weighted by atomic mass is 9.95. The van der Waals surface area contributed by atoms with Crippen LogP contribution < -0.4 is 5.32 Å². The summed E-state index contributed by atoms with van der Waals surface area (Å²) >= 11 is 5.89. The number of hydrogen-bond donors (Lipinski definition) is 2. The van der Waals surface area contributed by atoms with Crippen molar-refractivity contribution in [2.75, 3.05) is 13.2 Å². The molecule has 3 rings (SSSR count). The van der Waals surface area contributed by atoms with Gasteiger partial charge in [-0.3, -0.25) is 9.78 Å². The van der Waals surface area contributed by atoms with Crippen molar-refractivity contribution in [2.24, 2.45) is 5.92 Å². The summed E-state index contributed by atoms with van der Waals surface area (Å²) in [6.45, 7) is 1.05. The van der Waals surface area contributed by atoms with Crippen molar-refractivity contribution in [3.8, 4) is 5.75 Å². The zero-order valence-electron chi connectivity index (χ0n) is 12.4. The van der Waals surface area contributed by atoms with Crippen LogP contribution in [0.4, 0.5) is 0 Å². The first kappa shape index (κ1) is 15.8. The van der Waals surface area contributed by atoms with E-state index in [0.29, 0.717) is 18.2 Å². The van der Waals surface area contributed by atoms with Gasteiger partial charge in [0.05, 0.1) is 24.8 Å². The molecule has 6 heteroatoms. The molecule has 2 atom stereocenters. The fraction of sp³-hybridized carbons (Fsp3) is 0.294. The van der Waals surface area contributed by atoms with E-state index in [2.05, 4.69) is 10.3 Å². The molecule has 2 heterocycles. The Kier molecular flexibility index (Phi) is 4.79. The van der Waals surface area contributed by atoms with Crippen molar-refractivity contribution in [2.45, 2.75) is 12.5 Å². The van der Waals surface area contributed by atoms with Crippen molar-refractivity contribution in [3.05, 3.63) is 58.9 Å². The number of nitrogens with zero attached hydrogens (tertiary/aromatic N) is 1. The Morgan fingerprint density at radius 3 is 2.87 bits per heavy atom. The highest BCUT2D eigenvalue weighted by molar-refractivity contribution is 6.31. The highest BCUT2D eigenvalue weighted by Crippen LogP contribution is 2.23. The van der Waals surface area contributed by atoms with Crippen molar-refractivity contribution >= 4 is 17.5 Å².